The molecule has 0 spiro atoms. The van der Waals surface area contributed by atoms with Crippen LogP contribution in [0, 0.1) is 0 Å². The Hall–Kier alpha value is -1.69. The third-order valence-electron chi connectivity index (χ3n) is 5.31. The highest BCUT2D eigenvalue weighted by Crippen LogP contribution is 2.25. The maximum Gasteiger partial charge on any atom is 0.242 e. The van der Waals surface area contributed by atoms with Crippen LogP contribution in [-0.2, 0) is 16.1 Å². The van der Waals surface area contributed by atoms with Gasteiger partial charge in [0.2, 0.25) is 11.8 Å². The highest BCUT2D eigenvalue weighted by molar-refractivity contribution is 8.00. The van der Waals surface area contributed by atoms with E-state index in [2.05, 4.69) is 5.32 Å². The standard InChI is InChI=1S/C23H26Cl2N2O2S/c1-16(23(29)26-18-7-5-6-8-18)27(14-17-11-12-20(24)21(25)13-17)22(28)15-30-19-9-3-2-4-10-19/h2-4,9-13,16,18H,5-8,14-15H2,1H3,(H,26,29). The lowest BCUT2D eigenvalue weighted by molar-refractivity contribution is -0.138. The fourth-order valence-electron chi connectivity index (χ4n) is 3.55. The summed E-state index contributed by atoms with van der Waals surface area (Å²) >= 11 is 13.6. The summed E-state index contributed by atoms with van der Waals surface area (Å²) in [5.74, 6) is 0.0517. The number of hydrogen-bond acceptors (Lipinski definition) is 3. The van der Waals surface area contributed by atoms with E-state index < -0.39 is 6.04 Å². The van der Waals surface area contributed by atoms with E-state index in [9.17, 15) is 9.59 Å². The van der Waals surface area contributed by atoms with Gasteiger partial charge in [0.05, 0.1) is 15.8 Å². The average Bonchev–Trinajstić information content (AvgIpc) is 3.26. The van der Waals surface area contributed by atoms with E-state index in [4.69, 9.17) is 23.2 Å². The van der Waals surface area contributed by atoms with E-state index in [0.29, 0.717) is 16.6 Å². The van der Waals surface area contributed by atoms with E-state index in [1.807, 2.05) is 36.4 Å². The highest BCUT2D eigenvalue weighted by Gasteiger charge is 2.28. The quantitative estimate of drug-likeness (QED) is 0.520. The summed E-state index contributed by atoms with van der Waals surface area (Å²) in [5, 5.41) is 4.00. The summed E-state index contributed by atoms with van der Waals surface area (Å²) in [6, 6.07) is 14.7. The molecule has 0 aliphatic heterocycles. The molecule has 0 bridgehead atoms. The van der Waals surface area contributed by atoms with Crippen molar-refractivity contribution < 1.29 is 9.59 Å². The van der Waals surface area contributed by atoms with E-state index in [-0.39, 0.29) is 23.6 Å². The third kappa shape index (κ3) is 6.40. The molecule has 1 atom stereocenters. The van der Waals surface area contributed by atoms with Crippen molar-refractivity contribution in [1.29, 1.82) is 0 Å². The van der Waals surface area contributed by atoms with Crippen molar-refractivity contribution in [2.75, 3.05) is 5.75 Å². The highest BCUT2D eigenvalue weighted by atomic mass is 35.5. The molecule has 30 heavy (non-hydrogen) atoms. The Morgan fingerprint density at radius 1 is 1.10 bits per heavy atom. The third-order valence-corrected chi connectivity index (χ3v) is 7.05. The second-order valence-corrected chi connectivity index (χ2v) is 9.40. The van der Waals surface area contributed by atoms with Gasteiger partial charge in [-0.25, -0.2) is 0 Å². The van der Waals surface area contributed by atoms with Crippen molar-refractivity contribution >= 4 is 46.8 Å². The Bertz CT molecular complexity index is 873. The summed E-state index contributed by atoms with van der Waals surface area (Å²) in [6.07, 6.45) is 4.28. The topological polar surface area (TPSA) is 49.4 Å². The number of rotatable bonds is 8. The molecule has 1 aliphatic rings. The molecule has 0 aromatic heterocycles. The average molecular weight is 465 g/mol. The van der Waals surface area contributed by atoms with Crippen molar-refractivity contribution in [2.45, 2.75) is 56.1 Å². The van der Waals surface area contributed by atoms with Gasteiger partial charge < -0.3 is 10.2 Å². The molecule has 160 valence electrons. The number of nitrogens with zero attached hydrogens (tertiary/aromatic N) is 1. The minimum absolute atomic E-state index is 0.0935. The lowest BCUT2D eigenvalue weighted by atomic mass is 10.1. The lowest BCUT2D eigenvalue weighted by Crippen LogP contribution is -2.50. The van der Waals surface area contributed by atoms with Gasteiger partial charge in [-0.3, -0.25) is 9.59 Å². The van der Waals surface area contributed by atoms with Crippen molar-refractivity contribution in [3.8, 4) is 0 Å². The summed E-state index contributed by atoms with van der Waals surface area (Å²) in [4.78, 5) is 28.6. The maximum absolute atomic E-state index is 13.1. The Morgan fingerprint density at radius 2 is 1.80 bits per heavy atom. The van der Waals surface area contributed by atoms with Crippen molar-refractivity contribution in [3.63, 3.8) is 0 Å². The maximum atomic E-state index is 13.1. The number of carbonyl (C=O) groups is 2. The van der Waals surface area contributed by atoms with E-state index in [0.717, 1.165) is 36.1 Å². The number of benzene rings is 2. The number of carbonyl (C=O) groups excluding carboxylic acids is 2. The first kappa shape index (κ1) is 23.0. The van der Waals surface area contributed by atoms with Gasteiger partial charge in [0.1, 0.15) is 6.04 Å². The molecule has 3 rings (SSSR count). The minimum Gasteiger partial charge on any atom is -0.352 e. The van der Waals surface area contributed by atoms with Gasteiger partial charge in [-0.15, -0.1) is 11.8 Å². The first-order valence-corrected chi connectivity index (χ1v) is 11.9. The largest absolute Gasteiger partial charge is 0.352 e. The molecular weight excluding hydrogens is 439 g/mol. The van der Waals surface area contributed by atoms with Crippen LogP contribution in [-0.4, -0.2) is 34.6 Å². The zero-order valence-electron chi connectivity index (χ0n) is 16.9. The number of hydrogen-bond donors (Lipinski definition) is 1. The molecule has 0 heterocycles. The number of nitrogens with one attached hydrogen (secondary N) is 1. The zero-order chi connectivity index (χ0) is 21.5. The summed E-state index contributed by atoms with van der Waals surface area (Å²) in [5.41, 5.74) is 0.836. The lowest BCUT2D eigenvalue weighted by Gasteiger charge is -2.29. The predicted octanol–water partition coefficient (Wildman–Crippen LogP) is 5.56. The Kier molecular flexibility index (Phi) is 8.49. The van der Waals surface area contributed by atoms with E-state index >= 15 is 0 Å². The number of thioether (sulfide) groups is 1. The van der Waals surface area contributed by atoms with E-state index in [1.165, 1.54) is 11.8 Å². The number of amides is 2. The van der Waals surface area contributed by atoms with Gasteiger partial charge in [0, 0.05) is 17.5 Å². The summed E-state index contributed by atoms with van der Waals surface area (Å²) in [7, 11) is 0. The van der Waals surface area contributed by atoms with Gasteiger partial charge in [-0.1, -0.05) is 60.3 Å². The molecule has 0 radical (unpaired) electrons. The molecule has 2 aromatic carbocycles. The van der Waals surface area contributed by atoms with Crippen LogP contribution in [0.4, 0.5) is 0 Å². The van der Waals surface area contributed by atoms with Crippen LogP contribution in [0.15, 0.2) is 53.4 Å². The fraction of sp³-hybridized carbons (Fsp3) is 0.391. The Labute approximate surface area is 192 Å². The van der Waals surface area contributed by atoms with Crippen LogP contribution in [0.2, 0.25) is 10.0 Å². The molecule has 1 unspecified atom stereocenters. The van der Waals surface area contributed by atoms with Crippen molar-refractivity contribution in [3.05, 3.63) is 64.1 Å². The second-order valence-electron chi connectivity index (χ2n) is 7.54. The normalized spacial score (nSPS) is 15.0. The van der Waals surface area contributed by atoms with Crippen molar-refractivity contribution in [2.24, 2.45) is 0 Å². The van der Waals surface area contributed by atoms with E-state index in [1.54, 1.807) is 24.0 Å². The first-order chi connectivity index (χ1) is 14.4. The molecule has 1 saturated carbocycles. The molecule has 1 aliphatic carbocycles. The molecule has 1 fully saturated rings. The summed E-state index contributed by atoms with van der Waals surface area (Å²) in [6.45, 7) is 2.08. The molecule has 4 nitrogen and oxygen atoms in total. The molecule has 0 saturated heterocycles. The minimum atomic E-state index is -0.580. The van der Waals surface area contributed by atoms with Crippen LogP contribution < -0.4 is 5.32 Å². The van der Waals surface area contributed by atoms with Crippen LogP contribution in [0.25, 0.3) is 0 Å². The monoisotopic (exact) mass is 464 g/mol. The Morgan fingerprint density at radius 3 is 2.47 bits per heavy atom. The van der Waals surface area contributed by atoms with Crippen molar-refractivity contribution in [1.82, 2.24) is 10.2 Å². The molecule has 7 heteroatoms. The van der Waals surface area contributed by atoms with Gasteiger partial charge in [-0.2, -0.15) is 0 Å². The van der Waals surface area contributed by atoms with Crippen LogP contribution >= 0.6 is 35.0 Å². The van der Waals surface area contributed by atoms with Gasteiger partial charge in [-0.05, 0) is 49.6 Å². The molecular formula is C23H26Cl2N2O2S. The van der Waals surface area contributed by atoms with Crippen LogP contribution in [0.3, 0.4) is 0 Å². The molecule has 1 N–H and O–H groups in total. The van der Waals surface area contributed by atoms with Gasteiger partial charge >= 0.3 is 0 Å². The van der Waals surface area contributed by atoms with Crippen LogP contribution in [0.5, 0.6) is 0 Å². The SMILES string of the molecule is CC(C(=O)NC1CCCC1)N(Cc1ccc(Cl)c(Cl)c1)C(=O)CSc1ccccc1. The molecule has 2 aromatic rings. The summed E-state index contributed by atoms with van der Waals surface area (Å²) < 4.78 is 0. The molecule has 2 amide bonds. The fourth-order valence-corrected chi connectivity index (χ4v) is 4.68. The van der Waals surface area contributed by atoms with Crippen LogP contribution in [0.1, 0.15) is 38.2 Å². The number of halogens is 2. The zero-order valence-corrected chi connectivity index (χ0v) is 19.3. The van der Waals surface area contributed by atoms with Gasteiger partial charge in [0.15, 0.2) is 0 Å². The first-order valence-electron chi connectivity index (χ1n) is 10.2. The smallest absolute Gasteiger partial charge is 0.242 e. The van der Waals surface area contributed by atoms with Gasteiger partial charge in [0.25, 0.3) is 0 Å². The predicted molar refractivity (Wildman–Crippen MR) is 124 cm³/mol. The Balaban J connectivity index is 1.72. The second kappa shape index (κ2) is 11.1.